The van der Waals surface area contributed by atoms with Crippen LogP contribution >= 0.6 is 23.4 Å². The Morgan fingerprint density at radius 2 is 2.33 bits per heavy atom. The first-order valence-corrected chi connectivity index (χ1v) is 2.36. The highest BCUT2D eigenvalue weighted by Gasteiger charge is 1.80. The SMILES string of the molecule is CCC(Cl)=NCl. The average molecular weight is 126 g/mol. The number of nitrogens with zero attached hydrogens (tertiary/aromatic N) is 1. The molecule has 0 bridgehead atoms. The molecule has 0 amide bonds. The van der Waals surface area contributed by atoms with E-state index in [9.17, 15) is 0 Å². The van der Waals surface area contributed by atoms with Gasteiger partial charge in [0.1, 0.15) is 5.17 Å². The summed E-state index contributed by atoms with van der Waals surface area (Å²) >= 11 is 10.2. The summed E-state index contributed by atoms with van der Waals surface area (Å²) in [7, 11) is 0. The van der Waals surface area contributed by atoms with Crippen molar-refractivity contribution in [3.05, 3.63) is 0 Å². The lowest BCUT2D eigenvalue weighted by molar-refractivity contribution is 1.32. The molecule has 0 fully saturated rings. The molecule has 0 unspecified atom stereocenters. The molecule has 1 nitrogen and oxygen atoms in total. The second kappa shape index (κ2) is 3.44. The molecule has 36 valence electrons. The van der Waals surface area contributed by atoms with Gasteiger partial charge < -0.3 is 0 Å². The summed E-state index contributed by atoms with van der Waals surface area (Å²) in [5.74, 6) is 0. The first-order chi connectivity index (χ1) is 2.81. The molecule has 0 saturated heterocycles. The van der Waals surface area contributed by atoms with Crippen LogP contribution in [0, 0.1) is 0 Å². The van der Waals surface area contributed by atoms with Crippen molar-refractivity contribution in [2.45, 2.75) is 13.3 Å². The van der Waals surface area contributed by atoms with Gasteiger partial charge in [-0.05, 0) is 6.42 Å². The van der Waals surface area contributed by atoms with Crippen molar-refractivity contribution in [3.63, 3.8) is 0 Å². The molecule has 0 N–H and O–H groups in total. The van der Waals surface area contributed by atoms with Crippen molar-refractivity contribution < 1.29 is 0 Å². The summed E-state index contributed by atoms with van der Waals surface area (Å²) in [6, 6.07) is 0. The highest BCUT2D eigenvalue weighted by Crippen LogP contribution is 1.92. The largest absolute Gasteiger partial charge is 0.170 e. The summed E-state index contributed by atoms with van der Waals surface area (Å²) in [5.41, 5.74) is 0. The van der Waals surface area contributed by atoms with Gasteiger partial charge in [-0.15, -0.1) is 0 Å². The zero-order chi connectivity index (χ0) is 4.99. The molecule has 0 saturated carbocycles. The van der Waals surface area contributed by atoms with E-state index in [-0.39, 0.29) is 0 Å². The fraction of sp³-hybridized carbons (Fsp3) is 0.667. The van der Waals surface area contributed by atoms with Crippen LogP contribution in [0.5, 0.6) is 0 Å². The molecule has 3 heteroatoms. The molecule has 0 aromatic rings. The van der Waals surface area contributed by atoms with E-state index in [1.165, 1.54) is 0 Å². The molecular weight excluding hydrogens is 121 g/mol. The van der Waals surface area contributed by atoms with Crippen molar-refractivity contribution >= 4 is 28.5 Å². The summed E-state index contributed by atoms with van der Waals surface area (Å²) < 4.78 is 3.16. The Kier molecular flexibility index (Phi) is 3.58. The molecule has 0 aliphatic carbocycles. The molecular formula is C3H5Cl2N. The van der Waals surface area contributed by atoms with E-state index in [0.29, 0.717) is 11.6 Å². The molecule has 0 aliphatic heterocycles. The summed E-state index contributed by atoms with van der Waals surface area (Å²) in [6.07, 6.45) is 0.713. The predicted molar refractivity (Wildman–Crippen MR) is 29.4 cm³/mol. The average Bonchev–Trinajstić information content (AvgIpc) is 1.65. The second-order valence-corrected chi connectivity index (χ2v) is 1.42. The minimum absolute atomic E-state index is 0.455. The monoisotopic (exact) mass is 125 g/mol. The van der Waals surface area contributed by atoms with Crippen LogP contribution in [0.3, 0.4) is 0 Å². The first-order valence-electron chi connectivity index (χ1n) is 1.64. The van der Waals surface area contributed by atoms with Crippen molar-refractivity contribution in [2.75, 3.05) is 0 Å². The lowest BCUT2D eigenvalue weighted by atomic mass is 10.5. The van der Waals surface area contributed by atoms with Crippen molar-refractivity contribution in [2.24, 2.45) is 4.51 Å². The zero-order valence-corrected chi connectivity index (χ0v) is 4.92. The fourth-order valence-corrected chi connectivity index (χ4v) is 0.179. The van der Waals surface area contributed by atoms with E-state index in [4.69, 9.17) is 23.4 Å². The van der Waals surface area contributed by atoms with Crippen LogP contribution in [0.2, 0.25) is 0 Å². The molecule has 0 atom stereocenters. The number of halogens is 2. The minimum Gasteiger partial charge on any atom is -0.170 e. The van der Waals surface area contributed by atoms with Gasteiger partial charge in [-0.25, -0.2) is 0 Å². The third kappa shape index (κ3) is 2.49. The zero-order valence-electron chi connectivity index (χ0n) is 3.41. The van der Waals surface area contributed by atoms with E-state index < -0.39 is 0 Å². The minimum atomic E-state index is 0.455. The standard InChI is InChI=1S/C3H5Cl2N/c1-2-3(4)6-5/h2H2,1H3. The van der Waals surface area contributed by atoms with Crippen LogP contribution in [-0.4, -0.2) is 5.17 Å². The summed E-state index contributed by atoms with van der Waals surface area (Å²) in [5, 5.41) is 0.455. The van der Waals surface area contributed by atoms with Crippen LogP contribution < -0.4 is 0 Å². The van der Waals surface area contributed by atoms with E-state index in [1.807, 2.05) is 6.92 Å². The summed E-state index contributed by atoms with van der Waals surface area (Å²) in [4.78, 5) is 0. The molecule has 0 aromatic heterocycles. The van der Waals surface area contributed by atoms with Crippen LogP contribution in [0.1, 0.15) is 13.3 Å². The van der Waals surface area contributed by atoms with Crippen LogP contribution in [0.25, 0.3) is 0 Å². The lowest BCUT2D eigenvalue weighted by Gasteiger charge is -1.78. The van der Waals surface area contributed by atoms with Gasteiger partial charge in [0.2, 0.25) is 0 Å². The van der Waals surface area contributed by atoms with Gasteiger partial charge >= 0.3 is 0 Å². The topological polar surface area (TPSA) is 12.4 Å². The Labute approximate surface area is 47.1 Å². The Bertz CT molecular complexity index is 59.8. The third-order valence-electron chi connectivity index (χ3n) is 0.383. The van der Waals surface area contributed by atoms with E-state index in [1.54, 1.807) is 0 Å². The van der Waals surface area contributed by atoms with Crippen LogP contribution in [-0.2, 0) is 0 Å². The fourth-order valence-electron chi connectivity index (χ4n) is 0.0598. The normalized spacial score (nSPS) is 12.2. The van der Waals surface area contributed by atoms with Gasteiger partial charge in [0.05, 0.1) is 0 Å². The maximum Gasteiger partial charge on any atom is 0.120 e. The molecule has 0 aromatic carbocycles. The van der Waals surface area contributed by atoms with E-state index in [2.05, 4.69) is 4.51 Å². The smallest absolute Gasteiger partial charge is 0.120 e. The highest BCUT2D eigenvalue weighted by molar-refractivity contribution is 6.66. The third-order valence-corrected chi connectivity index (χ3v) is 1.03. The van der Waals surface area contributed by atoms with Gasteiger partial charge in [-0.2, -0.15) is 4.51 Å². The summed E-state index contributed by atoms with van der Waals surface area (Å²) in [6.45, 7) is 1.88. The van der Waals surface area contributed by atoms with E-state index in [0.717, 1.165) is 0 Å². The van der Waals surface area contributed by atoms with Gasteiger partial charge in [0.15, 0.2) is 0 Å². The molecule has 6 heavy (non-hydrogen) atoms. The van der Waals surface area contributed by atoms with Crippen LogP contribution in [0.15, 0.2) is 4.51 Å². The van der Waals surface area contributed by atoms with E-state index >= 15 is 0 Å². The van der Waals surface area contributed by atoms with Gasteiger partial charge in [0, 0.05) is 11.8 Å². The van der Waals surface area contributed by atoms with Crippen molar-refractivity contribution in [3.8, 4) is 0 Å². The number of rotatable bonds is 1. The quantitative estimate of drug-likeness (QED) is 0.477. The van der Waals surface area contributed by atoms with Crippen molar-refractivity contribution in [1.82, 2.24) is 0 Å². The molecule has 0 spiro atoms. The number of hydrogen-bond acceptors (Lipinski definition) is 1. The highest BCUT2D eigenvalue weighted by atomic mass is 35.5. The van der Waals surface area contributed by atoms with Crippen LogP contribution in [0.4, 0.5) is 0 Å². The molecule has 0 rings (SSSR count). The Balaban J connectivity index is 3.22. The predicted octanol–water partition coefficient (Wildman–Crippen LogP) is 2.19. The molecule has 0 radical (unpaired) electrons. The number of hydrogen-bond donors (Lipinski definition) is 0. The maximum atomic E-state index is 5.27. The first kappa shape index (κ1) is 6.25. The van der Waals surface area contributed by atoms with Gasteiger partial charge in [0.25, 0.3) is 0 Å². The lowest BCUT2D eigenvalue weighted by Crippen LogP contribution is -1.75. The van der Waals surface area contributed by atoms with Crippen molar-refractivity contribution in [1.29, 1.82) is 0 Å². The molecule has 0 aliphatic rings. The van der Waals surface area contributed by atoms with Gasteiger partial charge in [-0.1, -0.05) is 18.5 Å². The molecule has 0 heterocycles. The Morgan fingerprint density at radius 3 is 2.33 bits per heavy atom. The maximum absolute atomic E-state index is 5.27. The Hall–Kier alpha value is 0.250. The second-order valence-electron chi connectivity index (χ2n) is 0.814. The van der Waals surface area contributed by atoms with Gasteiger partial charge in [-0.3, -0.25) is 0 Å². The Morgan fingerprint density at radius 1 is 1.83 bits per heavy atom.